The third-order valence-electron chi connectivity index (χ3n) is 6.89. The zero-order chi connectivity index (χ0) is 25.4. The van der Waals surface area contributed by atoms with Crippen LogP contribution in [-0.4, -0.2) is 14.5 Å². The van der Waals surface area contributed by atoms with E-state index in [0.29, 0.717) is 11.5 Å². The van der Waals surface area contributed by atoms with Crippen LogP contribution in [0.3, 0.4) is 0 Å². The molecule has 0 aliphatic heterocycles. The predicted octanol–water partition coefficient (Wildman–Crippen LogP) is 8.02. The van der Waals surface area contributed by atoms with Gasteiger partial charge in [0, 0.05) is 12.0 Å². The van der Waals surface area contributed by atoms with Crippen molar-refractivity contribution in [2.45, 2.75) is 33.1 Å². The molecule has 0 fully saturated rings. The largest absolute Gasteiger partial charge is 0.436 e. The summed E-state index contributed by atoms with van der Waals surface area (Å²) in [5.74, 6) is 1.57. The highest BCUT2D eigenvalue weighted by Crippen LogP contribution is 2.34. The Balaban J connectivity index is 1.56. The molecule has 0 N–H and O–H groups in total. The first kappa shape index (κ1) is 22.8. The lowest BCUT2D eigenvalue weighted by molar-refractivity contribution is 0.620. The first-order valence-electron chi connectivity index (χ1n) is 12.6. The highest BCUT2D eigenvalue weighted by Gasteiger charge is 2.19. The normalized spacial score (nSPS) is 11.3. The smallest absolute Gasteiger partial charge is 0.227 e. The zero-order valence-electron chi connectivity index (χ0n) is 20.9. The Morgan fingerprint density at radius 2 is 1.68 bits per heavy atom. The Morgan fingerprint density at radius 1 is 0.865 bits per heavy atom. The third-order valence-corrected chi connectivity index (χ3v) is 6.89. The highest BCUT2D eigenvalue weighted by molar-refractivity contribution is 5.85. The summed E-state index contributed by atoms with van der Waals surface area (Å²) in [5, 5.41) is 10.2. The van der Waals surface area contributed by atoms with Crippen LogP contribution in [0.15, 0.2) is 89.3 Å². The summed E-state index contributed by atoms with van der Waals surface area (Å²) in [6.07, 6.45) is 2.96. The molecule has 0 radical (unpaired) electrons. The van der Waals surface area contributed by atoms with Crippen molar-refractivity contribution in [1.82, 2.24) is 14.5 Å². The molecule has 0 aliphatic carbocycles. The van der Waals surface area contributed by atoms with Crippen molar-refractivity contribution in [2.75, 3.05) is 0 Å². The molecule has 5 heteroatoms. The van der Waals surface area contributed by atoms with E-state index in [1.54, 1.807) is 0 Å². The molecule has 0 aliphatic rings. The van der Waals surface area contributed by atoms with E-state index in [9.17, 15) is 5.26 Å². The Hall–Kier alpha value is -4.69. The van der Waals surface area contributed by atoms with Gasteiger partial charge in [-0.25, -0.2) is 9.97 Å². The zero-order valence-corrected chi connectivity index (χ0v) is 20.9. The molecular weight excluding hydrogens is 456 g/mol. The van der Waals surface area contributed by atoms with Crippen LogP contribution in [0.1, 0.15) is 36.7 Å². The van der Waals surface area contributed by atoms with Crippen molar-refractivity contribution in [2.24, 2.45) is 0 Å². The maximum Gasteiger partial charge on any atom is 0.227 e. The van der Waals surface area contributed by atoms with Gasteiger partial charge in [-0.3, -0.25) is 4.57 Å². The SMILES string of the molecule is CCCCc1nc2ccc(-c3nc4ccccc4o3)cc2n1-c1ccc(-c2ccccc2)c(C#N)c1C. The molecule has 6 aromatic rings. The average molecular weight is 483 g/mol. The van der Waals surface area contributed by atoms with E-state index in [0.717, 1.165) is 75.2 Å². The molecule has 0 saturated heterocycles. The summed E-state index contributed by atoms with van der Waals surface area (Å²) >= 11 is 0. The number of fused-ring (bicyclic) bond motifs is 2. The Morgan fingerprint density at radius 3 is 2.46 bits per heavy atom. The lowest BCUT2D eigenvalue weighted by Crippen LogP contribution is -2.05. The number of nitrogens with zero attached hydrogens (tertiary/aromatic N) is 4. The quantitative estimate of drug-likeness (QED) is 0.241. The van der Waals surface area contributed by atoms with Gasteiger partial charge in [-0.05, 0) is 66.4 Å². The van der Waals surface area contributed by atoms with Crippen molar-refractivity contribution in [1.29, 1.82) is 5.26 Å². The minimum Gasteiger partial charge on any atom is -0.436 e. The number of benzene rings is 4. The van der Waals surface area contributed by atoms with E-state index < -0.39 is 0 Å². The monoisotopic (exact) mass is 482 g/mol. The summed E-state index contributed by atoms with van der Waals surface area (Å²) in [5.41, 5.74) is 8.95. The van der Waals surface area contributed by atoms with Crippen LogP contribution >= 0.6 is 0 Å². The van der Waals surface area contributed by atoms with Gasteiger partial charge in [0.1, 0.15) is 17.4 Å². The summed E-state index contributed by atoms with van der Waals surface area (Å²) in [6.45, 7) is 4.21. The minimum absolute atomic E-state index is 0.583. The van der Waals surface area contributed by atoms with Crippen LogP contribution in [0, 0.1) is 18.3 Å². The van der Waals surface area contributed by atoms with Crippen molar-refractivity contribution in [3.8, 4) is 34.3 Å². The van der Waals surface area contributed by atoms with E-state index in [1.165, 1.54) is 0 Å². The van der Waals surface area contributed by atoms with Gasteiger partial charge in [-0.1, -0.05) is 61.9 Å². The fourth-order valence-corrected chi connectivity index (χ4v) is 4.97. The number of hydrogen-bond acceptors (Lipinski definition) is 4. The second-order valence-corrected chi connectivity index (χ2v) is 9.27. The Bertz CT molecular complexity index is 1750. The van der Waals surface area contributed by atoms with E-state index in [2.05, 4.69) is 35.8 Å². The first-order valence-corrected chi connectivity index (χ1v) is 12.6. The number of oxazole rings is 1. The van der Waals surface area contributed by atoms with Crippen molar-refractivity contribution >= 4 is 22.1 Å². The maximum atomic E-state index is 10.2. The number of rotatable bonds is 6. The first-order chi connectivity index (χ1) is 18.2. The molecule has 0 spiro atoms. The highest BCUT2D eigenvalue weighted by atomic mass is 16.3. The summed E-state index contributed by atoms with van der Waals surface area (Å²) in [4.78, 5) is 9.71. The molecular formula is C32H26N4O. The molecule has 0 unspecified atom stereocenters. The molecule has 0 atom stereocenters. The molecule has 5 nitrogen and oxygen atoms in total. The summed E-state index contributed by atoms with van der Waals surface area (Å²) in [7, 11) is 0. The Labute approximate surface area is 215 Å². The van der Waals surface area contributed by atoms with E-state index in [1.807, 2.05) is 73.7 Å². The molecule has 180 valence electrons. The minimum atomic E-state index is 0.583. The van der Waals surface area contributed by atoms with E-state index in [-0.39, 0.29) is 0 Å². The second-order valence-electron chi connectivity index (χ2n) is 9.27. The van der Waals surface area contributed by atoms with Crippen LogP contribution in [0.5, 0.6) is 0 Å². The van der Waals surface area contributed by atoms with Crippen LogP contribution in [0.2, 0.25) is 0 Å². The standard InChI is InChI=1S/C32H26N4O/c1-3-4-14-31-34-26-17-15-23(32-35-27-12-8-9-13-30(27)37-32)19-29(26)36(31)28-18-16-24(25(20-33)21(28)2)22-10-6-5-7-11-22/h5-13,15-19H,3-4,14H2,1-2H3. The van der Waals surface area contributed by atoms with Gasteiger partial charge >= 0.3 is 0 Å². The van der Waals surface area contributed by atoms with Gasteiger partial charge in [-0.2, -0.15) is 5.26 Å². The fraction of sp³-hybridized carbons (Fsp3) is 0.156. The van der Waals surface area contributed by atoms with Crippen LogP contribution in [0.4, 0.5) is 0 Å². The van der Waals surface area contributed by atoms with Crippen LogP contribution in [0.25, 0.3) is 50.4 Å². The molecule has 0 bridgehead atoms. The number of unbranched alkanes of at least 4 members (excludes halogenated alkanes) is 1. The molecule has 4 aromatic carbocycles. The molecule has 37 heavy (non-hydrogen) atoms. The van der Waals surface area contributed by atoms with Gasteiger partial charge in [0.2, 0.25) is 5.89 Å². The summed E-state index contributed by atoms with van der Waals surface area (Å²) in [6, 6.07) is 30.6. The Kier molecular flexibility index (Phi) is 5.78. The van der Waals surface area contributed by atoms with Crippen LogP contribution in [-0.2, 0) is 6.42 Å². The topological polar surface area (TPSA) is 67.6 Å². The lowest BCUT2D eigenvalue weighted by atomic mass is 9.95. The second kappa shape index (κ2) is 9.40. The summed E-state index contributed by atoms with van der Waals surface area (Å²) < 4.78 is 8.27. The molecule has 2 heterocycles. The van der Waals surface area contributed by atoms with Gasteiger partial charge in [0.25, 0.3) is 0 Å². The van der Waals surface area contributed by atoms with Crippen molar-refractivity contribution in [3.05, 3.63) is 102 Å². The fourth-order valence-electron chi connectivity index (χ4n) is 4.97. The van der Waals surface area contributed by atoms with Crippen molar-refractivity contribution < 1.29 is 4.42 Å². The lowest BCUT2D eigenvalue weighted by Gasteiger charge is -2.16. The maximum absolute atomic E-state index is 10.2. The molecule has 0 saturated carbocycles. The van der Waals surface area contributed by atoms with Crippen molar-refractivity contribution in [3.63, 3.8) is 0 Å². The van der Waals surface area contributed by atoms with E-state index >= 15 is 0 Å². The molecule has 0 amide bonds. The number of imidazole rings is 1. The van der Waals surface area contributed by atoms with Gasteiger partial charge in [0.05, 0.1) is 22.3 Å². The number of nitriles is 1. The van der Waals surface area contributed by atoms with Gasteiger partial charge < -0.3 is 4.42 Å². The average Bonchev–Trinajstić information content (AvgIpc) is 3.53. The van der Waals surface area contributed by atoms with Gasteiger partial charge in [0.15, 0.2) is 5.58 Å². The number of para-hydroxylation sites is 2. The molecule has 6 rings (SSSR count). The predicted molar refractivity (Wildman–Crippen MR) is 148 cm³/mol. The number of aromatic nitrogens is 3. The molecule has 2 aromatic heterocycles. The number of aryl methyl sites for hydroxylation is 1. The van der Waals surface area contributed by atoms with E-state index in [4.69, 9.17) is 14.4 Å². The van der Waals surface area contributed by atoms with Gasteiger partial charge in [-0.15, -0.1) is 0 Å². The third kappa shape index (κ3) is 3.97. The number of hydrogen-bond donors (Lipinski definition) is 0. The van der Waals surface area contributed by atoms with Crippen LogP contribution < -0.4 is 0 Å².